The maximum absolute atomic E-state index is 11.9. The smallest absolute Gasteiger partial charge is 0.407 e. The van der Waals surface area contributed by atoms with E-state index in [0.717, 1.165) is 19.3 Å². The summed E-state index contributed by atoms with van der Waals surface area (Å²) >= 11 is 0. The van der Waals surface area contributed by atoms with Gasteiger partial charge in [0, 0.05) is 31.5 Å². The predicted octanol–water partition coefficient (Wildman–Crippen LogP) is 4.08. The number of hydrogen-bond acceptors (Lipinski definition) is 3. The Bertz CT molecular complexity index is 636. The highest BCUT2D eigenvalue weighted by Crippen LogP contribution is 2.32. The van der Waals surface area contributed by atoms with Crippen LogP contribution in [0.2, 0.25) is 0 Å². The highest BCUT2D eigenvalue weighted by molar-refractivity contribution is 5.67. The summed E-state index contributed by atoms with van der Waals surface area (Å²) in [7, 11) is 0. The summed E-state index contributed by atoms with van der Waals surface area (Å²) in [6.07, 6.45) is 2.46. The second-order valence-electron chi connectivity index (χ2n) is 6.86. The van der Waals surface area contributed by atoms with Crippen molar-refractivity contribution in [2.24, 2.45) is 0 Å². The van der Waals surface area contributed by atoms with Gasteiger partial charge in [0.05, 0.1) is 0 Å². The average molecular weight is 352 g/mol. The van der Waals surface area contributed by atoms with E-state index < -0.39 is 0 Å². The summed E-state index contributed by atoms with van der Waals surface area (Å²) in [6.45, 7) is 3.48. The Morgan fingerprint density at radius 2 is 1.73 bits per heavy atom. The SMILES string of the molecule is CCCCNC(=O)O[C@H]1CN[C@H](C(c2ccccc2)c2ccccc2)C1. The van der Waals surface area contributed by atoms with Crippen molar-refractivity contribution in [1.82, 2.24) is 10.6 Å². The Kier molecular flexibility index (Phi) is 6.67. The summed E-state index contributed by atoms with van der Waals surface area (Å²) in [6, 6.07) is 21.3. The largest absolute Gasteiger partial charge is 0.445 e. The number of carbonyl (C=O) groups excluding carboxylic acids is 1. The fourth-order valence-corrected chi connectivity index (χ4v) is 3.61. The van der Waals surface area contributed by atoms with Gasteiger partial charge in [0.25, 0.3) is 0 Å². The monoisotopic (exact) mass is 352 g/mol. The van der Waals surface area contributed by atoms with Crippen LogP contribution in [0.4, 0.5) is 4.79 Å². The van der Waals surface area contributed by atoms with Crippen molar-refractivity contribution in [3.05, 3.63) is 71.8 Å². The molecule has 26 heavy (non-hydrogen) atoms. The molecule has 0 aromatic heterocycles. The molecule has 0 radical (unpaired) electrons. The molecule has 4 nitrogen and oxygen atoms in total. The maximum Gasteiger partial charge on any atom is 0.407 e. The first-order chi connectivity index (χ1) is 12.8. The molecule has 1 aliphatic heterocycles. The molecule has 0 bridgehead atoms. The normalized spacial score (nSPS) is 19.5. The van der Waals surface area contributed by atoms with E-state index in [0.29, 0.717) is 13.1 Å². The Labute approximate surface area is 156 Å². The van der Waals surface area contributed by atoms with Crippen LogP contribution in [0.5, 0.6) is 0 Å². The number of alkyl carbamates (subject to hydrolysis) is 1. The molecule has 3 rings (SSSR count). The van der Waals surface area contributed by atoms with Gasteiger partial charge in [0.2, 0.25) is 0 Å². The highest BCUT2D eigenvalue weighted by atomic mass is 16.6. The van der Waals surface area contributed by atoms with Crippen molar-refractivity contribution >= 4 is 6.09 Å². The topological polar surface area (TPSA) is 50.4 Å². The Morgan fingerprint density at radius 1 is 1.12 bits per heavy atom. The third-order valence-electron chi connectivity index (χ3n) is 4.92. The lowest BCUT2D eigenvalue weighted by atomic mass is 9.84. The molecule has 1 aliphatic rings. The minimum atomic E-state index is -0.304. The van der Waals surface area contributed by atoms with Gasteiger partial charge in [-0.25, -0.2) is 4.79 Å². The fourth-order valence-electron chi connectivity index (χ4n) is 3.61. The molecular formula is C22H28N2O2. The first-order valence-corrected chi connectivity index (χ1v) is 9.55. The molecule has 0 unspecified atom stereocenters. The maximum atomic E-state index is 11.9. The van der Waals surface area contributed by atoms with E-state index in [4.69, 9.17) is 4.74 Å². The zero-order valence-electron chi connectivity index (χ0n) is 15.4. The van der Waals surface area contributed by atoms with E-state index in [1.54, 1.807) is 0 Å². The lowest BCUT2D eigenvalue weighted by Gasteiger charge is -2.25. The quantitative estimate of drug-likeness (QED) is 0.739. The van der Waals surface area contributed by atoms with Gasteiger partial charge in [-0.15, -0.1) is 0 Å². The molecule has 2 atom stereocenters. The number of hydrogen-bond donors (Lipinski definition) is 2. The Hall–Kier alpha value is -2.33. The number of ether oxygens (including phenoxy) is 1. The van der Waals surface area contributed by atoms with Crippen LogP contribution < -0.4 is 10.6 Å². The molecule has 1 heterocycles. The number of amides is 1. The van der Waals surface area contributed by atoms with Crippen molar-refractivity contribution in [2.45, 2.75) is 44.2 Å². The molecule has 0 saturated carbocycles. The van der Waals surface area contributed by atoms with Gasteiger partial charge >= 0.3 is 6.09 Å². The molecule has 2 aromatic rings. The van der Waals surface area contributed by atoms with Crippen molar-refractivity contribution in [3.8, 4) is 0 Å². The number of rotatable bonds is 7. The number of nitrogens with one attached hydrogen (secondary N) is 2. The van der Waals surface area contributed by atoms with Crippen molar-refractivity contribution in [1.29, 1.82) is 0 Å². The number of carbonyl (C=O) groups is 1. The lowest BCUT2D eigenvalue weighted by molar-refractivity contribution is 0.106. The van der Waals surface area contributed by atoms with Gasteiger partial charge in [-0.3, -0.25) is 0 Å². The average Bonchev–Trinajstić information content (AvgIpc) is 3.12. The van der Waals surface area contributed by atoms with Crippen molar-refractivity contribution in [2.75, 3.05) is 13.1 Å². The van der Waals surface area contributed by atoms with Gasteiger partial charge in [0.15, 0.2) is 0 Å². The zero-order valence-corrected chi connectivity index (χ0v) is 15.4. The van der Waals surface area contributed by atoms with Crippen LogP contribution in [-0.2, 0) is 4.74 Å². The molecule has 2 aromatic carbocycles. The second-order valence-corrected chi connectivity index (χ2v) is 6.86. The summed E-state index contributed by atoms with van der Waals surface area (Å²) < 4.78 is 5.60. The highest BCUT2D eigenvalue weighted by Gasteiger charge is 2.34. The van der Waals surface area contributed by atoms with Gasteiger partial charge in [-0.2, -0.15) is 0 Å². The molecule has 0 spiro atoms. The van der Waals surface area contributed by atoms with Crippen LogP contribution in [-0.4, -0.2) is 31.3 Å². The molecule has 1 saturated heterocycles. The lowest BCUT2D eigenvalue weighted by Crippen LogP contribution is -2.30. The first kappa shape index (κ1) is 18.5. The Balaban J connectivity index is 1.66. The third kappa shape index (κ3) is 4.85. The predicted molar refractivity (Wildman–Crippen MR) is 104 cm³/mol. The van der Waals surface area contributed by atoms with Crippen molar-refractivity contribution < 1.29 is 9.53 Å². The van der Waals surface area contributed by atoms with Gasteiger partial charge in [-0.1, -0.05) is 74.0 Å². The molecule has 4 heteroatoms. The molecule has 2 N–H and O–H groups in total. The zero-order chi connectivity index (χ0) is 18.2. The molecule has 1 amide bonds. The minimum absolute atomic E-state index is 0.0865. The standard InChI is InChI=1S/C22H28N2O2/c1-2-3-14-23-22(25)26-19-15-20(24-16-19)21(17-10-6-4-7-11-17)18-12-8-5-9-13-18/h4-13,19-21,24H,2-3,14-16H2,1H3,(H,23,25)/t19-,20+/m1/s1. The second kappa shape index (κ2) is 9.39. The summed E-state index contributed by atoms with van der Waals surface area (Å²) in [4.78, 5) is 11.9. The van der Waals surface area contributed by atoms with Gasteiger partial charge < -0.3 is 15.4 Å². The van der Waals surface area contributed by atoms with Crippen LogP contribution in [0.3, 0.4) is 0 Å². The van der Waals surface area contributed by atoms with Crippen LogP contribution in [0.15, 0.2) is 60.7 Å². The first-order valence-electron chi connectivity index (χ1n) is 9.55. The third-order valence-corrected chi connectivity index (χ3v) is 4.92. The van der Waals surface area contributed by atoms with E-state index >= 15 is 0 Å². The summed E-state index contributed by atoms with van der Waals surface area (Å²) in [5.74, 6) is 0.245. The van der Waals surface area contributed by atoms with E-state index in [-0.39, 0.29) is 24.2 Å². The van der Waals surface area contributed by atoms with Crippen LogP contribution in [0.25, 0.3) is 0 Å². The van der Waals surface area contributed by atoms with Gasteiger partial charge in [-0.05, 0) is 17.5 Å². The molecule has 1 fully saturated rings. The molecular weight excluding hydrogens is 324 g/mol. The molecule has 138 valence electrons. The van der Waals surface area contributed by atoms with Crippen LogP contribution in [0, 0.1) is 0 Å². The van der Waals surface area contributed by atoms with Crippen LogP contribution in [0.1, 0.15) is 43.2 Å². The van der Waals surface area contributed by atoms with Crippen molar-refractivity contribution in [3.63, 3.8) is 0 Å². The van der Waals surface area contributed by atoms with E-state index in [9.17, 15) is 4.79 Å². The van der Waals surface area contributed by atoms with E-state index in [1.807, 2.05) is 12.1 Å². The fraction of sp³-hybridized carbons (Fsp3) is 0.409. The van der Waals surface area contributed by atoms with E-state index in [2.05, 4.69) is 66.1 Å². The van der Waals surface area contributed by atoms with Gasteiger partial charge in [0.1, 0.15) is 6.10 Å². The Morgan fingerprint density at radius 3 is 2.31 bits per heavy atom. The number of benzene rings is 2. The van der Waals surface area contributed by atoms with E-state index in [1.165, 1.54) is 11.1 Å². The molecule has 0 aliphatic carbocycles. The number of unbranched alkanes of at least 4 members (excludes halogenated alkanes) is 1. The van der Waals surface area contributed by atoms with Crippen LogP contribution >= 0.6 is 0 Å². The summed E-state index contributed by atoms with van der Waals surface area (Å²) in [5, 5.41) is 6.40. The minimum Gasteiger partial charge on any atom is -0.445 e. The summed E-state index contributed by atoms with van der Waals surface area (Å²) in [5.41, 5.74) is 2.56.